The molecule has 1 unspecified atom stereocenters. The van der Waals surface area contributed by atoms with Crippen molar-refractivity contribution in [1.82, 2.24) is 9.97 Å². The van der Waals surface area contributed by atoms with Gasteiger partial charge in [-0.3, -0.25) is 0 Å². The molecule has 0 aliphatic heterocycles. The molecule has 0 saturated carbocycles. The molecular formula is C11H17N2O3PS. The second-order valence-corrected chi connectivity index (χ2v) is 6.56. The first kappa shape index (κ1) is 15.2. The van der Waals surface area contributed by atoms with Crippen molar-refractivity contribution >= 4 is 25.2 Å². The molecule has 1 heterocycles. The van der Waals surface area contributed by atoms with Gasteiger partial charge in [-0.05, 0) is 12.3 Å². The minimum Gasteiger partial charge on any atom is -0.406 e. The van der Waals surface area contributed by atoms with E-state index >= 15 is 0 Å². The fraction of sp³-hybridized carbons (Fsp3) is 0.545. The molecule has 18 heavy (non-hydrogen) atoms. The van der Waals surface area contributed by atoms with Crippen LogP contribution in [0.2, 0.25) is 0 Å². The molecule has 1 atom stereocenters. The molecule has 0 amide bonds. The van der Waals surface area contributed by atoms with Gasteiger partial charge in [0, 0.05) is 24.8 Å². The summed E-state index contributed by atoms with van der Waals surface area (Å²) in [5, 5.41) is 1.34. The van der Waals surface area contributed by atoms with Crippen molar-refractivity contribution < 1.29 is 13.6 Å². The van der Waals surface area contributed by atoms with E-state index in [9.17, 15) is 4.57 Å². The Morgan fingerprint density at radius 1 is 1.50 bits per heavy atom. The lowest BCUT2D eigenvalue weighted by atomic mass is 10.2. The second kappa shape index (κ2) is 6.36. The zero-order valence-corrected chi connectivity index (χ0v) is 12.6. The van der Waals surface area contributed by atoms with Crippen LogP contribution >= 0.6 is 19.8 Å². The number of aryl methyl sites for hydroxylation is 1. The first-order valence-corrected chi connectivity index (χ1v) is 7.73. The van der Waals surface area contributed by atoms with E-state index < -0.39 is 7.60 Å². The van der Waals surface area contributed by atoms with Crippen LogP contribution in [0.5, 0.6) is 5.88 Å². The predicted octanol–water partition coefficient (Wildman–Crippen LogP) is 3.13. The lowest BCUT2D eigenvalue weighted by molar-refractivity contribution is 0.322. The van der Waals surface area contributed by atoms with Crippen molar-refractivity contribution in [3.8, 4) is 5.88 Å². The van der Waals surface area contributed by atoms with Gasteiger partial charge in [-0.25, -0.2) is 9.55 Å². The van der Waals surface area contributed by atoms with E-state index in [2.05, 4.69) is 22.2 Å². The van der Waals surface area contributed by atoms with E-state index in [0.717, 1.165) is 5.69 Å². The van der Waals surface area contributed by atoms with Crippen molar-refractivity contribution in [1.29, 1.82) is 0 Å². The van der Waals surface area contributed by atoms with Crippen molar-refractivity contribution in [3.63, 3.8) is 0 Å². The Labute approximate surface area is 112 Å². The average Bonchev–Trinajstić information content (AvgIpc) is 2.28. The standard InChI is InChI=1S/C11H17N2O3PS/c1-8(2)11-12-9(3)7-10(13-11)16-17(14,15-4)5-6-18/h6-8H,5H2,1-4H3. The SMILES string of the molecule is COP(=O)(CC=S)Oc1cc(C)nc(C(C)C)n1. The van der Waals surface area contributed by atoms with E-state index in [0.29, 0.717) is 5.82 Å². The number of hydrogen-bond acceptors (Lipinski definition) is 6. The molecule has 0 radical (unpaired) electrons. The average molecular weight is 288 g/mol. The third-order valence-electron chi connectivity index (χ3n) is 2.17. The quantitative estimate of drug-likeness (QED) is 0.592. The molecule has 0 spiro atoms. The van der Waals surface area contributed by atoms with Gasteiger partial charge in [0.05, 0.1) is 6.16 Å². The van der Waals surface area contributed by atoms with Crippen LogP contribution in [-0.4, -0.2) is 28.6 Å². The molecule has 7 heteroatoms. The molecular weight excluding hydrogens is 271 g/mol. The maximum Gasteiger partial charge on any atom is 0.384 e. The van der Waals surface area contributed by atoms with Gasteiger partial charge in [0.15, 0.2) is 0 Å². The molecule has 100 valence electrons. The molecule has 0 saturated heterocycles. The fourth-order valence-corrected chi connectivity index (χ4v) is 2.66. The second-order valence-electron chi connectivity index (χ2n) is 4.09. The fourth-order valence-electron chi connectivity index (χ4n) is 1.25. The Hall–Kier alpha value is -0.840. The van der Waals surface area contributed by atoms with Crippen LogP contribution in [0.25, 0.3) is 0 Å². The Bertz CT molecular complexity index is 479. The van der Waals surface area contributed by atoms with Crippen molar-refractivity contribution in [3.05, 3.63) is 17.6 Å². The molecule has 0 aliphatic rings. The summed E-state index contributed by atoms with van der Waals surface area (Å²) in [6, 6.07) is 1.63. The number of aromatic nitrogens is 2. The summed E-state index contributed by atoms with van der Waals surface area (Å²) in [4.78, 5) is 8.50. The predicted molar refractivity (Wildman–Crippen MR) is 74.6 cm³/mol. The highest BCUT2D eigenvalue weighted by molar-refractivity contribution is 7.80. The van der Waals surface area contributed by atoms with Crippen LogP contribution in [-0.2, 0) is 9.09 Å². The van der Waals surface area contributed by atoms with E-state index in [1.54, 1.807) is 6.07 Å². The Morgan fingerprint density at radius 3 is 2.67 bits per heavy atom. The van der Waals surface area contributed by atoms with Crippen LogP contribution in [0.1, 0.15) is 31.3 Å². The maximum atomic E-state index is 12.1. The topological polar surface area (TPSA) is 61.3 Å². The maximum absolute atomic E-state index is 12.1. The molecule has 0 aliphatic carbocycles. The van der Waals surface area contributed by atoms with E-state index in [1.165, 1.54) is 12.5 Å². The summed E-state index contributed by atoms with van der Waals surface area (Å²) in [6.07, 6.45) is 0.0683. The van der Waals surface area contributed by atoms with E-state index in [-0.39, 0.29) is 18.0 Å². The molecule has 5 nitrogen and oxygen atoms in total. The van der Waals surface area contributed by atoms with Gasteiger partial charge in [-0.1, -0.05) is 26.1 Å². The van der Waals surface area contributed by atoms with Crippen LogP contribution in [0.4, 0.5) is 0 Å². The third-order valence-corrected chi connectivity index (χ3v) is 4.24. The van der Waals surface area contributed by atoms with E-state index in [4.69, 9.17) is 9.05 Å². The summed E-state index contributed by atoms with van der Waals surface area (Å²) >= 11 is 4.69. The van der Waals surface area contributed by atoms with Crippen LogP contribution in [0.3, 0.4) is 0 Å². The van der Waals surface area contributed by atoms with Gasteiger partial charge >= 0.3 is 7.60 Å². The molecule has 0 bridgehead atoms. The molecule has 0 aromatic carbocycles. The highest BCUT2D eigenvalue weighted by Gasteiger charge is 2.24. The minimum absolute atomic E-state index is 0.0683. The highest BCUT2D eigenvalue weighted by Crippen LogP contribution is 2.46. The van der Waals surface area contributed by atoms with Crippen LogP contribution in [0.15, 0.2) is 6.07 Å². The van der Waals surface area contributed by atoms with Crippen LogP contribution < -0.4 is 4.52 Å². The highest BCUT2D eigenvalue weighted by atomic mass is 32.1. The summed E-state index contributed by atoms with van der Waals surface area (Å²) in [5.41, 5.74) is 0.758. The third kappa shape index (κ3) is 4.12. The zero-order chi connectivity index (χ0) is 13.8. The van der Waals surface area contributed by atoms with Crippen molar-refractivity contribution in [2.45, 2.75) is 26.7 Å². The Kier molecular flexibility index (Phi) is 5.38. The summed E-state index contributed by atoms with van der Waals surface area (Å²) < 4.78 is 22.4. The zero-order valence-electron chi connectivity index (χ0n) is 10.9. The number of nitrogens with zero attached hydrogens (tertiary/aromatic N) is 2. The van der Waals surface area contributed by atoms with Gasteiger partial charge in [-0.15, -0.1) is 0 Å². The number of rotatable bonds is 6. The monoisotopic (exact) mass is 288 g/mol. The normalized spacial score (nSPS) is 14.3. The van der Waals surface area contributed by atoms with Gasteiger partial charge in [0.2, 0.25) is 5.88 Å². The van der Waals surface area contributed by atoms with Gasteiger partial charge in [0.1, 0.15) is 5.82 Å². The lowest BCUT2D eigenvalue weighted by Crippen LogP contribution is -2.05. The van der Waals surface area contributed by atoms with E-state index in [1.807, 2.05) is 20.8 Å². The molecule has 0 N–H and O–H groups in total. The first-order chi connectivity index (χ1) is 8.40. The molecule has 0 fully saturated rings. The largest absolute Gasteiger partial charge is 0.406 e. The van der Waals surface area contributed by atoms with Crippen molar-refractivity contribution in [2.75, 3.05) is 13.3 Å². The van der Waals surface area contributed by atoms with Gasteiger partial charge in [0.25, 0.3) is 0 Å². The number of thiocarbonyl (C=S) groups is 1. The Morgan fingerprint density at radius 2 is 2.17 bits per heavy atom. The molecule has 1 aromatic heterocycles. The van der Waals surface area contributed by atoms with Crippen LogP contribution in [0, 0.1) is 6.92 Å². The minimum atomic E-state index is -3.24. The lowest BCUT2D eigenvalue weighted by Gasteiger charge is -2.16. The smallest absolute Gasteiger partial charge is 0.384 e. The summed E-state index contributed by atoms with van der Waals surface area (Å²) in [5.74, 6) is 1.07. The first-order valence-electron chi connectivity index (χ1n) is 5.54. The molecule has 1 rings (SSSR count). The number of hydrogen-bond donors (Lipinski definition) is 0. The molecule has 1 aromatic rings. The summed E-state index contributed by atoms with van der Waals surface area (Å²) in [7, 11) is -1.91. The Balaban J connectivity index is 3.03. The van der Waals surface area contributed by atoms with Crippen molar-refractivity contribution in [2.24, 2.45) is 0 Å². The summed E-state index contributed by atoms with van der Waals surface area (Å²) in [6.45, 7) is 5.79. The van der Waals surface area contributed by atoms with Gasteiger partial charge in [-0.2, -0.15) is 4.98 Å². The van der Waals surface area contributed by atoms with Gasteiger partial charge < -0.3 is 9.05 Å².